The molecule has 0 spiro atoms. The molecule has 0 bridgehead atoms. The molecule has 31 heavy (non-hydrogen) atoms. The Morgan fingerprint density at radius 3 is 1.84 bits per heavy atom. The van der Waals surface area contributed by atoms with Gasteiger partial charge in [-0.3, -0.25) is 0 Å². The number of benzene rings is 2. The van der Waals surface area contributed by atoms with Crippen molar-refractivity contribution in [2.45, 2.75) is 47.0 Å². The predicted octanol–water partition coefficient (Wildman–Crippen LogP) is 6.13. The van der Waals surface area contributed by atoms with Gasteiger partial charge in [0.2, 0.25) is 0 Å². The molecule has 0 saturated heterocycles. The summed E-state index contributed by atoms with van der Waals surface area (Å²) < 4.78 is 22.1. The SMILES string of the molecule is COCCOc1cc(C)c(C=Cc2cc(C)c(OCCOC)c(C)c2)cc1C(C)(C)C. The summed E-state index contributed by atoms with van der Waals surface area (Å²) in [5, 5.41) is 0. The van der Waals surface area contributed by atoms with Crippen LogP contribution in [-0.2, 0) is 14.9 Å². The van der Waals surface area contributed by atoms with Crippen LogP contribution >= 0.6 is 0 Å². The van der Waals surface area contributed by atoms with Crippen molar-refractivity contribution in [2.75, 3.05) is 40.6 Å². The van der Waals surface area contributed by atoms with Gasteiger partial charge >= 0.3 is 0 Å². The van der Waals surface area contributed by atoms with Crippen LogP contribution in [0.4, 0.5) is 0 Å². The maximum absolute atomic E-state index is 6.02. The second kappa shape index (κ2) is 11.4. The molecule has 2 aromatic carbocycles. The van der Waals surface area contributed by atoms with Crippen LogP contribution in [0.15, 0.2) is 24.3 Å². The smallest absolute Gasteiger partial charge is 0.125 e. The molecule has 0 saturated carbocycles. The van der Waals surface area contributed by atoms with Gasteiger partial charge in [-0.05, 0) is 78.3 Å². The van der Waals surface area contributed by atoms with Crippen molar-refractivity contribution in [3.63, 3.8) is 0 Å². The Bertz CT molecular complexity index is 868. The van der Waals surface area contributed by atoms with E-state index in [2.05, 4.69) is 78.0 Å². The number of hydrogen-bond acceptors (Lipinski definition) is 4. The molecule has 0 heterocycles. The van der Waals surface area contributed by atoms with E-state index in [1.807, 2.05) is 0 Å². The normalized spacial score (nSPS) is 11.9. The molecule has 0 aromatic heterocycles. The molecule has 0 radical (unpaired) electrons. The van der Waals surface area contributed by atoms with E-state index in [1.165, 1.54) is 16.7 Å². The molecule has 0 aliphatic carbocycles. The highest BCUT2D eigenvalue weighted by Crippen LogP contribution is 2.35. The topological polar surface area (TPSA) is 36.9 Å². The van der Waals surface area contributed by atoms with Gasteiger partial charge in [0.1, 0.15) is 24.7 Å². The maximum atomic E-state index is 6.02. The lowest BCUT2D eigenvalue weighted by Gasteiger charge is -2.24. The van der Waals surface area contributed by atoms with E-state index in [0.29, 0.717) is 26.4 Å². The first-order valence-corrected chi connectivity index (χ1v) is 10.8. The molecule has 2 rings (SSSR count). The van der Waals surface area contributed by atoms with Crippen molar-refractivity contribution in [1.29, 1.82) is 0 Å². The molecule has 0 fully saturated rings. The molecule has 2 aromatic rings. The number of ether oxygens (including phenoxy) is 4. The average molecular weight is 427 g/mol. The van der Waals surface area contributed by atoms with Gasteiger partial charge in [0.25, 0.3) is 0 Å². The fraction of sp³-hybridized carbons (Fsp3) is 0.481. The van der Waals surface area contributed by atoms with Gasteiger partial charge in [-0.15, -0.1) is 0 Å². The highest BCUT2D eigenvalue weighted by atomic mass is 16.5. The van der Waals surface area contributed by atoms with Crippen molar-refractivity contribution in [2.24, 2.45) is 0 Å². The summed E-state index contributed by atoms with van der Waals surface area (Å²) in [7, 11) is 3.37. The Morgan fingerprint density at radius 2 is 1.29 bits per heavy atom. The lowest BCUT2D eigenvalue weighted by atomic mass is 9.84. The summed E-state index contributed by atoms with van der Waals surface area (Å²) in [6.07, 6.45) is 4.35. The fourth-order valence-electron chi connectivity index (χ4n) is 3.54. The van der Waals surface area contributed by atoms with Gasteiger partial charge in [0, 0.05) is 19.8 Å². The second-order valence-electron chi connectivity index (χ2n) is 8.95. The van der Waals surface area contributed by atoms with E-state index < -0.39 is 0 Å². The predicted molar refractivity (Wildman–Crippen MR) is 129 cm³/mol. The summed E-state index contributed by atoms with van der Waals surface area (Å²) >= 11 is 0. The summed E-state index contributed by atoms with van der Waals surface area (Å²) in [5.74, 6) is 1.88. The first-order valence-electron chi connectivity index (χ1n) is 10.8. The summed E-state index contributed by atoms with van der Waals surface area (Å²) in [5.41, 5.74) is 6.97. The molecular formula is C27H38O4. The first-order chi connectivity index (χ1) is 14.7. The van der Waals surface area contributed by atoms with E-state index >= 15 is 0 Å². The van der Waals surface area contributed by atoms with Crippen molar-refractivity contribution in [1.82, 2.24) is 0 Å². The Kier molecular flexibility index (Phi) is 9.15. The number of hydrogen-bond donors (Lipinski definition) is 0. The monoisotopic (exact) mass is 426 g/mol. The zero-order valence-corrected chi connectivity index (χ0v) is 20.4. The third kappa shape index (κ3) is 7.12. The molecule has 4 nitrogen and oxygen atoms in total. The maximum Gasteiger partial charge on any atom is 0.125 e. The van der Waals surface area contributed by atoms with Gasteiger partial charge in [-0.1, -0.05) is 32.9 Å². The molecular weight excluding hydrogens is 388 g/mol. The number of rotatable bonds is 10. The first kappa shape index (κ1) is 25.0. The van der Waals surface area contributed by atoms with Crippen LogP contribution in [0.25, 0.3) is 12.2 Å². The van der Waals surface area contributed by atoms with E-state index in [-0.39, 0.29) is 5.41 Å². The standard InChI is InChI=1S/C27H38O4/c1-19-17-25(30-13-11-28-7)24(27(4,5)6)18-23(19)10-9-22-15-20(2)26(21(3)16-22)31-14-12-29-8/h9-10,15-18H,11-14H2,1-8H3. The van der Waals surface area contributed by atoms with Crippen LogP contribution in [0.1, 0.15) is 54.2 Å². The van der Waals surface area contributed by atoms with Crippen molar-refractivity contribution >= 4 is 12.2 Å². The molecule has 0 aliphatic rings. The number of methoxy groups -OCH3 is 2. The number of aryl methyl sites for hydroxylation is 3. The van der Waals surface area contributed by atoms with E-state index in [0.717, 1.165) is 28.2 Å². The highest BCUT2D eigenvalue weighted by molar-refractivity contribution is 5.73. The van der Waals surface area contributed by atoms with Gasteiger partial charge < -0.3 is 18.9 Å². The Labute approximate surface area is 188 Å². The van der Waals surface area contributed by atoms with Gasteiger partial charge in [0.15, 0.2) is 0 Å². The van der Waals surface area contributed by atoms with Crippen LogP contribution < -0.4 is 9.47 Å². The van der Waals surface area contributed by atoms with Crippen LogP contribution in [0.3, 0.4) is 0 Å². The summed E-state index contributed by atoms with van der Waals surface area (Å²) in [6, 6.07) is 8.71. The van der Waals surface area contributed by atoms with Crippen molar-refractivity contribution in [3.05, 3.63) is 57.6 Å². The lowest BCUT2D eigenvalue weighted by molar-refractivity contribution is 0.145. The van der Waals surface area contributed by atoms with Crippen molar-refractivity contribution in [3.8, 4) is 11.5 Å². The van der Waals surface area contributed by atoms with Crippen LogP contribution in [0.2, 0.25) is 0 Å². The minimum absolute atomic E-state index is 0.0208. The van der Waals surface area contributed by atoms with Crippen LogP contribution in [-0.4, -0.2) is 40.6 Å². The molecule has 0 aliphatic heterocycles. The van der Waals surface area contributed by atoms with Gasteiger partial charge in [0.05, 0.1) is 13.2 Å². The zero-order chi connectivity index (χ0) is 23.0. The largest absolute Gasteiger partial charge is 0.491 e. The average Bonchev–Trinajstić information content (AvgIpc) is 2.68. The van der Waals surface area contributed by atoms with E-state index in [9.17, 15) is 0 Å². The van der Waals surface area contributed by atoms with Crippen molar-refractivity contribution < 1.29 is 18.9 Å². The summed E-state index contributed by atoms with van der Waals surface area (Å²) in [6.45, 7) is 15.2. The van der Waals surface area contributed by atoms with Crippen LogP contribution in [0.5, 0.6) is 11.5 Å². The minimum Gasteiger partial charge on any atom is -0.491 e. The van der Waals surface area contributed by atoms with Crippen LogP contribution in [0, 0.1) is 20.8 Å². The minimum atomic E-state index is -0.0208. The third-order valence-electron chi connectivity index (χ3n) is 5.19. The molecule has 4 heteroatoms. The second-order valence-corrected chi connectivity index (χ2v) is 8.95. The fourth-order valence-corrected chi connectivity index (χ4v) is 3.54. The Balaban J connectivity index is 2.31. The molecule has 0 amide bonds. The molecule has 0 unspecified atom stereocenters. The highest BCUT2D eigenvalue weighted by Gasteiger charge is 2.20. The Morgan fingerprint density at radius 1 is 0.710 bits per heavy atom. The summed E-state index contributed by atoms with van der Waals surface area (Å²) in [4.78, 5) is 0. The Hall–Kier alpha value is -2.30. The zero-order valence-electron chi connectivity index (χ0n) is 20.4. The molecule has 0 N–H and O–H groups in total. The van der Waals surface area contributed by atoms with Gasteiger partial charge in [-0.2, -0.15) is 0 Å². The lowest BCUT2D eigenvalue weighted by Crippen LogP contribution is -2.15. The van der Waals surface area contributed by atoms with E-state index in [4.69, 9.17) is 18.9 Å². The van der Waals surface area contributed by atoms with E-state index in [1.54, 1.807) is 14.2 Å². The molecule has 0 atom stereocenters. The quantitative estimate of drug-likeness (QED) is 0.338. The van der Waals surface area contributed by atoms with Gasteiger partial charge in [-0.25, -0.2) is 0 Å². The third-order valence-corrected chi connectivity index (χ3v) is 5.19. The molecule has 170 valence electrons.